The van der Waals surface area contributed by atoms with Crippen LogP contribution in [-0.4, -0.2) is 37.6 Å². The molecule has 0 saturated carbocycles. The molecule has 0 aromatic carbocycles. The van der Waals surface area contributed by atoms with E-state index in [1.54, 1.807) is 0 Å². The predicted octanol–water partition coefficient (Wildman–Crippen LogP) is 1.40. The molecule has 1 heterocycles. The second-order valence-electron chi connectivity index (χ2n) is 4.87. The van der Waals surface area contributed by atoms with E-state index in [0.717, 1.165) is 24.5 Å². The Morgan fingerprint density at radius 1 is 1.35 bits per heavy atom. The van der Waals surface area contributed by atoms with E-state index >= 15 is 0 Å². The highest BCUT2D eigenvalue weighted by Gasteiger charge is 2.11. The Balaban J connectivity index is 2.51. The largest absolute Gasteiger partial charge is 0.357 e. The maximum atomic E-state index is 11.8. The van der Waals surface area contributed by atoms with E-state index in [1.165, 1.54) is 0 Å². The standard InChI is InChI=1S/C15H26N4O/c1-5-19(6-2)14-8-7-13(10-17-14)11-18-15(20)12(3)9-16-4/h7-8,10,12,16H,5-6,9,11H2,1-4H3,(H,18,20). The minimum absolute atomic E-state index is 0.0251. The van der Waals surface area contributed by atoms with Gasteiger partial charge in [0.2, 0.25) is 5.91 Å². The van der Waals surface area contributed by atoms with Crippen LogP contribution in [-0.2, 0) is 11.3 Å². The summed E-state index contributed by atoms with van der Waals surface area (Å²) in [7, 11) is 1.85. The summed E-state index contributed by atoms with van der Waals surface area (Å²) in [4.78, 5) is 18.4. The Morgan fingerprint density at radius 3 is 2.55 bits per heavy atom. The summed E-state index contributed by atoms with van der Waals surface area (Å²) in [6.45, 7) is 9.24. The summed E-state index contributed by atoms with van der Waals surface area (Å²) < 4.78 is 0. The minimum Gasteiger partial charge on any atom is -0.357 e. The fourth-order valence-electron chi connectivity index (χ4n) is 2.02. The van der Waals surface area contributed by atoms with Gasteiger partial charge in [-0.3, -0.25) is 4.79 Å². The zero-order chi connectivity index (χ0) is 15.0. The highest BCUT2D eigenvalue weighted by molar-refractivity contribution is 5.78. The first-order chi connectivity index (χ1) is 9.62. The highest BCUT2D eigenvalue weighted by atomic mass is 16.1. The van der Waals surface area contributed by atoms with E-state index in [-0.39, 0.29) is 11.8 Å². The van der Waals surface area contributed by atoms with Crippen LogP contribution in [0, 0.1) is 5.92 Å². The van der Waals surface area contributed by atoms with Crippen LogP contribution in [0.15, 0.2) is 18.3 Å². The molecule has 0 aliphatic heterocycles. The molecular weight excluding hydrogens is 252 g/mol. The number of nitrogens with one attached hydrogen (secondary N) is 2. The van der Waals surface area contributed by atoms with E-state index in [0.29, 0.717) is 13.1 Å². The fourth-order valence-corrected chi connectivity index (χ4v) is 2.02. The maximum absolute atomic E-state index is 11.8. The number of pyridine rings is 1. The Bertz CT molecular complexity index is 401. The number of amides is 1. The summed E-state index contributed by atoms with van der Waals surface area (Å²) in [6.07, 6.45) is 1.83. The SMILES string of the molecule is CCN(CC)c1ccc(CNC(=O)C(C)CNC)cn1. The number of carbonyl (C=O) groups is 1. The van der Waals surface area contributed by atoms with E-state index in [1.807, 2.05) is 32.3 Å². The second-order valence-corrected chi connectivity index (χ2v) is 4.87. The Morgan fingerprint density at radius 2 is 2.05 bits per heavy atom. The van der Waals surface area contributed by atoms with E-state index in [9.17, 15) is 4.79 Å². The number of hydrogen-bond donors (Lipinski definition) is 2. The lowest BCUT2D eigenvalue weighted by atomic mass is 10.1. The molecule has 1 amide bonds. The van der Waals surface area contributed by atoms with Crippen LogP contribution >= 0.6 is 0 Å². The molecule has 0 spiro atoms. The van der Waals surface area contributed by atoms with Gasteiger partial charge in [-0.1, -0.05) is 13.0 Å². The average Bonchev–Trinajstić information content (AvgIpc) is 2.47. The Hall–Kier alpha value is -1.62. The molecular formula is C15H26N4O. The minimum atomic E-state index is -0.0251. The van der Waals surface area contributed by atoms with Gasteiger partial charge in [0, 0.05) is 38.3 Å². The van der Waals surface area contributed by atoms with Gasteiger partial charge < -0.3 is 15.5 Å². The lowest BCUT2D eigenvalue weighted by Gasteiger charge is -2.19. The fraction of sp³-hybridized carbons (Fsp3) is 0.600. The van der Waals surface area contributed by atoms with E-state index < -0.39 is 0 Å². The Kier molecular flexibility index (Phi) is 7.01. The van der Waals surface area contributed by atoms with Gasteiger partial charge in [-0.05, 0) is 32.5 Å². The van der Waals surface area contributed by atoms with Gasteiger partial charge in [-0.25, -0.2) is 4.98 Å². The van der Waals surface area contributed by atoms with Crippen molar-refractivity contribution in [3.05, 3.63) is 23.9 Å². The number of carbonyl (C=O) groups excluding carboxylic acids is 1. The van der Waals surface area contributed by atoms with Gasteiger partial charge in [-0.2, -0.15) is 0 Å². The molecule has 5 nitrogen and oxygen atoms in total. The van der Waals surface area contributed by atoms with Crippen LogP contribution < -0.4 is 15.5 Å². The summed E-state index contributed by atoms with van der Waals surface area (Å²) in [5.74, 6) is 1.02. The molecule has 0 radical (unpaired) electrons. The first-order valence-corrected chi connectivity index (χ1v) is 7.24. The molecule has 20 heavy (non-hydrogen) atoms. The Labute approximate surface area is 121 Å². The number of aromatic nitrogens is 1. The van der Waals surface area contributed by atoms with Crippen LogP contribution in [0.2, 0.25) is 0 Å². The zero-order valence-corrected chi connectivity index (χ0v) is 12.9. The van der Waals surface area contributed by atoms with E-state index in [2.05, 4.69) is 34.4 Å². The van der Waals surface area contributed by atoms with Crippen molar-refractivity contribution in [2.45, 2.75) is 27.3 Å². The average molecular weight is 278 g/mol. The predicted molar refractivity (Wildman–Crippen MR) is 82.7 cm³/mol. The van der Waals surface area contributed by atoms with Crippen molar-refractivity contribution in [3.63, 3.8) is 0 Å². The lowest BCUT2D eigenvalue weighted by Crippen LogP contribution is -2.33. The highest BCUT2D eigenvalue weighted by Crippen LogP contribution is 2.10. The zero-order valence-electron chi connectivity index (χ0n) is 12.9. The van der Waals surface area contributed by atoms with Crippen LogP contribution in [0.1, 0.15) is 26.3 Å². The van der Waals surface area contributed by atoms with Crippen LogP contribution in [0.5, 0.6) is 0 Å². The van der Waals surface area contributed by atoms with Crippen molar-refractivity contribution < 1.29 is 4.79 Å². The molecule has 1 rings (SSSR count). The first-order valence-electron chi connectivity index (χ1n) is 7.24. The lowest BCUT2D eigenvalue weighted by molar-refractivity contribution is -0.124. The number of rotatable bonds is 8. The molecule has 0 aliphatic carbocycles. The molecule has 2 N–H and O–H groups in total. The van der Waals surface area contributed by atoms with Crippen molar-refractivity contribution in [1.29, 1.82) is 0 Å². The van der Waals surface area contributed by atoms with Gasteiger partial charge in [-0.15, -0.1) is 0 Å². The smallest absolute Gasteiger partial charge is 0.224 e. The van der Waals surface area contributed by atoms with Gasteiger partial charge >= 0.3 is 0 Å². The van der Waals surface area contributed by atoms with Crippen molar-refractivity contribution in [2.75, 3.05) is 31.6 Å². The molecule has 112 valence electrons. The summed E-state index contributed by atoms with van der Waals surface area (Å²) in [5.41, 5.74) is 1.02. The first kappa shape index (κ1) is 16.4. The molecule has 0 aliphatic rings. The molecule has 1 unspecified atom stereocenters. The van der Waals surface area contributed by atoms with E-state index in [4.69, 9.17) is 0 Å². The van der Waals surface area contributed by atoms with Crippen molar-refractivity contribution in [1.82, 2.24) is 15.6 Å². The second kappa shape index (κ2) is 8.53. The maximum Gasteiger partial charge on any atom is 0.224 e. The van der Waals surface area contributed by atoms with Gasteiger partial charge in [0.25, 0.3) is 0 Å². The van der Waals surface area contributed by atoms with Crippen molar-refractivity contribution in [3.8, 4) is 0 Å². The third kappa shape index (κ3) is 4.81. The monoisotopic (exact) mass is 278 g/mol. The van der Waals surface area contributed by atoms with Crippen LogP contribution in [0.3, 0.4) is 0 Å². The summed E-state index contributed by atoms with van der Waals surface area (Å²) in [5, 5.41) is 5.93. The third-order valence-corrected chi connectivity index (χ3v) is 3.32. The van der Waals surface area contributed by atoms with Crippen molar-refractivity contribution in [2.24, 2.45) is 5.92 Å². The quantitative estimate of drug-likeness (QED) is 0.755. The molecule has 5 heteroatoms. The molecule has 1 aromatic heterocycles. The number of hydrogen-bond acceptors (Lipinski definition) is 4. The van der Waals surface area contributed by atoms with Crippen LogP contribution in [0.4, 0.5) is 5.82 Å². The molecule has 0 bridgehead atoms. The number of nitrogens with zero attached hydrogens (tertiary/aromatic N) is 2. The summed E-state index contributed by atoms with van der Waals surface area (Å²) >= 11 is 0. The normalized spacial score (nSPS) is 12.0. The van der Waals surface area contributed by atoms with Crippen molar-refractivity contribution >= 4 is 11.7 Å². The molecule has 0 saturated heterocycles. The number of anilines is 1. The van der Waals surface area contributed by atoms with Gasteiger partial charge in [0.1, 0.15) is 5.82 Å². The molecule has 1 atom stereocenters. The topological polar surface area (TPSA) is 57.3 Å². The molecule has 0 fully saturated rings. The molecule has 1 aromatic rings. The van der Waals surface area contributed by atoms with Gasteiger partial charge in [0.05, 0.1) is 0 Å². The van der Waals surface area contributed by atoms with Crippen LogP contribution in [0.25, 0.3) is 0 Å². The van der Waals surface area contributed by atoms with Gasteiger partial charge in [0.15, 0.2) is 0 Å². The summed E-state index contributed by atoms with van der Waals surface area (Å²) in [6, 6.07) is 4.02. The third-order valence-electron chi connectivity index (χ3n) is 3.32.